The molecule has 1 heterocycles. The van der Waals surface area contributed by atoms with E-state index in [-0.39, 0.29) is 18.0 Å². The maximum Gasteiger partial charge on any atom is 0.319 e. The van der Waals surface area contributed by atoms with Gasteiger partial charge in [0.2, 0.25) is 0 Å². The van der Waals surface area contributed by atoms with Crippen LogP contribution in [0.3, 0.4) is 0 Å². The maximum atomic E-state index is 12.8. The van der Waals surface area contributed by atoms with Crippen LogP contribution in [0.5, 0.6) is 0 Å². The Labute approximate surface area is 161 Å². The second kappa shape index (κ2) is 8.19. The van der Waals surface area contributed by atoms with E-state index in [1.807, 2.05) is 18.2 Å². The Morgan fingerprint density at radius 2 is 1.56 bits per heavy atom. The number of carbonyl (C=O) groups is 2. The summed E-state index contributed by atoms with van der Waals surface area (Å²) in [4.78, 5) is 27.4. The fourth-order valence-electron chi connectivity index (χ4n) is 4.12. The molecule has 2 aliphatic carbocycles. The summed E-state index contributed by atoms with van der Waals surface area (Å²) in [7, 11) is 0. The first-order valence-electron chi connectivity index (χ1n) is 10.5. The smallest absolute Gasteiger partial charge is 0.319 e. The molecule has 1 aromatic rings. The minimum atomic E-state index is -0.177. The molecular formula is C21H30N4O2. The third-order valence-corrected chi connectivity index (χ3v) is 5.80. The van der Waals surface area contributed by atoms with Crippen LogP contribution in [0.1, 0.15) is 68.1 Å². The van der Waals surface area contributed by atoms with Crippen molar-refractivity contribution in [3.8, 4) is 0 Å². The number of amides is 3. The van der Waals surface area contributed by atoms with Crippen molar-refractivity contribution in [2.75, 3.05) is 23.3 Å². The molecule has 2 saturated carbocycles. The van der Waals surface area contributed by atoms with Crippen LogP contribution in [0.4, 0.5) is 16.2 Å². The average molecular weight is 370 g/mol. The van der Waals surface area contributed by atoms with Gasteiger partial charge in [-0.15, -0.1) is 0 Å². The highest BCUT2D eigenvalue weighted by atomic mass is 16.2. The van der Waals surface area contributed by atoms with Crippen molar-refractivity contribution in [2.24, 2.45) is 0 Å². The van der Waals surface area contributed by atoms with Gasteiger partial charge < -0.3 is 20.9 Å². The molecule has 3 fully saturated rings. The van der Waals surface area contributed by atoms with Gasteiger partial charge in [0.15, 0.2) is 0 Å². The highest BCUT2D eigenvalue weighted by Crippen LogP contribution is 2.29. The second-order valence-corrected chi connectivity index (χ2v) is 8.11. The first-order chi connectivity index (χ1) is 13.2. The Kier molecular flexibility index (Phi) is 5.50. The second-order valence-electron chi connectivity index (χ2n) is 8.11. The fraction of sp³-hybridized carbons (Fsp3) is 0.619. The van der Waals surface area contributed by atoms with E-state index in [9.17, 15) is 9.59 Å². The van der Waals surface area contributed by atoms with Crippen LogP contribution in [-0.4, -0.2) is 37.1 Å². The molecule has 0 atom stereocenters. The highest BCUT2D eigenvalue weighted by molar-refractivity contribution is 6.02. The Hall–Kier alpha value is -2.24. The SMILES string of the molecule is O=C(Nc1ccc(N2CCCC2)c(C(=O)NC2CC2)c1)NC1CCCCC1. The third-order valence-electron chi connectivity index (χ3n) is 5.80. The summed E-state index contributed by atoms with van der Waals surface area (Å²) in [5.74, 6) is -0.0317. The molecule has 146 valence electrons. The van der Waals surface area contributed by atoms with Crippen molar-refractivity contribution >= 4 is 23.3 Å². The Morgan fingerprint density at radius 1 is 0.852 bits per heavy atom. The maximum absolute atomic E-state index is 12.8. The number of hydrogen-bond acceptors (Lipinski definition) is 3. The Balaban J connectivity index is 1.46. The standard InChI is InChI=1S/C21H30N4O2/c26-20(22-16-8-9-16)18-14-17(10-11-19(18)25-12-4-5-13-25)24-21(27)23-15-6-2-1-3-7-15/h10-11,14-16H,1-9,12-13H2,(H,22,26)(H2,23,24,27). The molecule has 3 aliphatic rings. The van der Waals surface area contributed by atoms with Crippen molar-refractivity contribution in [1.82, 2.24) is 10.6 Å². The van der Waals surface area contributed by atoms with Gasteiger partial charge in [0.1, 0.15) is 0 Å². The molecule has 1 saturated heterocycles. The summed E-state index contributed by atoms with van der Waals surface area (Å²) in [6.07, 6.45) is 10.2. The molecular weight excluding hydrogens is 340 g/mol. The quantitative estimate of drug-likeness (QED) is 0.741. The van der Waals surface area contributed by atoms with Gasteiger partial charge in [0.25, 0.3) is 5.91 Å². The van der Waals surface area contributed by atoms with Crippen LogP contribution in [0, 0.1) is 0 Å². The predicted molar refractivity (Wildman–Crippen MR) is 107 cm³/mol. The summed E-state index contributed by atoms with van der Waals surface area (Å²) in [5, 5.41) is 9.08. The van der Waals surface area contributed by atoms with Crippen molar-refractivity contribution in [3.05, 3.63) is 23.8 Å². The number of nitrogens with zero attached hydrogens (tertiary/aromatic N) is 1. The summed E-state index contributed by atoms with van der Waals surface area (Å²) in [6.45, 7) is 1.97. The lowest BCUT2D eigenvalue weighted by Crippen LogP contribution is -2.39. The molecule has 1 aliphatic heterocycles. The van der Waals surface area contributed by atoms with E-state index < -0.39 is 0 Å². The van der Waals surface area contributed by atoms with Crippen molar-refractivity contribution in [1.29, 1.82) is 0 Å². The van der Waals surface area contributed by atoms with E-state index in [4.69, 9.17) is 0 Å². The summed E-state index contributed by atoms with van der Waals surface area (Å²) in [6, 6.07) is 6.11. The molecule has 6 nitrogen and oxygen atoms in total. The third kappa shape index (κ3) is 4.73. The lowest BCUT2D eigenvalue weighted by atomic mass is 9.96. The molecule has 3 N–H and O–H groups in total. The zero-order valence-corrected chi connectivity index (χ0v) is 15.9. The summed E-state index contributed by atoms with van der Waals surface area (Å²) < 4.78 is 0. The zero-order chi connectivity index (χ0) is 18.6. The monoisotopic (exact) mass is 370 g/mol. The van der Waals surface area contributed by atoms with E-state index in [2.05, 4.69) is 20.9 Å². The number of hydrogen-bond donors (Lipinski definition) is 3. The van der Waals surface area contributed by atoms with Gasteiger partial charge in [-0.3, -0.25) is 4.79 Å². The molecule has 3 amide bonds. The van der Waals surface area contributed by atoms with Crippen molar-refractivity contribution < 1.29 is 9.59 Å². The summed E-state index contributed by atoms with van der Waals surface area (Å²) >= 11 is 0. The lowest BCUT2D eigenvalue weighted by Gasteiger charge is -2.24. The van der Waals surface area contributed by atoms with Crippen molar-refractivity contribution in [2.45, 2.75) is 69.9 Å². The minimum Gasteiger partial charge on any atom is -0.371 e. The number of rotatable bonds is 5. The van der Waals surface area contributed by atoms with Crippen LogP contribution in [0.2, 0.25) is 0 Å². The molecule has 0 radical (unpaired) electrons. The van der Waals surface area contributed by atoms with Crippen LogP contribution in [0.25, 0.3) is 0 Å². The van der Waals surface area contributed by atoms with E-state index in [0.29, 0.717) is 17.3 Å². The molecule has 27 heavy (non-hydrogen) atoms. The number of anilines is 2. The first-order valence-corrected chi connectivity index (χ1v) is 10.5. The van der Waals surface area contributed by atoms with E-state index >= 15 is 0 Å². The van der Waals surface area contributed by atoms with Gasteiger partial charge in [-0.2, -0.15) is 0 Å². The molecule has 0 unspecified atom stereocenters. The van der Waals surface area contributed by atoms with Crippen LogP contribution in [-0.2, 0) is 0 Å². The summed E-state index contributed by atoms with van der Waals surface area (Å²) in [5.41, 5.74) is 2.32. The predicted octanol–water partition coefficient (Wildman–Crippen LogP) is 3.63. The molecule has 4 rings (SSSR count). The van der Waals surface area contributed by atoms with Crippen LogP contribution in [0.15, 0.2) is 18.2 Å². The molecule has 0 bridgehead atoms. The van der Waals surface area contributed by atoms with E-state index in [1.165, 1.54) is 19.3 Å². The molecule has 0 aromatic heterocycles. The van der Waals surface area contributed by atoms with Gasteiger partial charge in [-0.05, 0) is 56.7 Å². The molecule has 1 aromatic carbocycles. The van der Waals surface area contributed by atoms with Crippen molar-refractivity contribution in [3.63, 3.8) is 0 Å². The van der Waals surface area contributed by atoms with Crippen LogP contribution >= 0.6 is 0 Å². The first kappa shape index (κ1) is 18.1. The average Bonchev–Trinajstić information content (AvgIpc) is 3.31. The number of nitrogens with one attached hydrogen (secondary N) is 3. The number of urea groups is 1. The van der Waals surface area contributed by atoms with Gasteiger partial charge in [-0.25, -0.2) is 4.79 Å². The normalized spacial score (nSPS) is 20.4. The largest absolute Gasteiger partial charge is 0.371 e. The van der Waals surface area contributed by atoms with E-state index in [0.717, 1.165) is 57.3 Å². The van der Waals surface area contributed by atoms with Crippen LogP contribution < -0.4 is 20.9 Å². The molecule has 6 heteroatoms. The van der Waals surface area contributed by atoms with Gasteiger partial charge in [-0.1, -0.05) is 19.3 Å². The van der Waals surface area contributed by atoms with Gasteiger partial charge in [0, 0.05) is 36.5 Å². The lowest BCUT2D eigenvalue weighted by molar-refractivity contribution is 0.0951. The Morgan fingerprint density at radius 3 is 2.26 bits per heavy atom. The van der Waals surface area contributed by atoms with E-state index in [1.54, 1.807) is 0 Å². The zero-order valence-electron chi connectivity index (χ0n) is 15.9. The fourth-order valence-corrected chi connectivity index (χ4v) is 4.12. The minimum absolute atomic E-state index is 0.0317. The topological polar surface area (TPSA) is 73.5 Å². The van der Waals surface area contributed by atoms with Gasteiger partial charge in [0.05, 0.1) is 5.56 Å². The molecule has 0 spiro atoms. The number of carbonyl (C=O) groups excluding carboxylic acids is 2. The highest BCUT2D eigenvalue weighted by Gasteiger charge is 2.27. The number of benzene rings is 1. The van der Waals surface area contributed by atoms with Gasteiger partial charge >= 0.3 is 6.03 Å². The Bertz CT molecular complexity index is 689.